The summed E-state index contributed by atoms with van der Waals surface area (Å²) < 4.78 is 5.57. The molecule has 0 spiro atoms. The Bertz CT molecular complexity index is 685. The summed E-state index contributed by atoms with van der Waals surface area (Å²) in [5.41, 5.74) is 1.70. The van der Waals surface area contributed by atoms with Crippen molar-refractivity contribution in [3.63, 3.8) is 0 Å². The zero-order chi connectivity index (χ0) is 15.1. The van der Waals surface area contributed by atoms with Crippen molar-refractivity contribution in [1.82, 2.24) is 10.3 Å². The summed E-state index contributed by atoms with van der Waals surface area (Å²) in [6.45, 7) is 0.753. The minimum Gasteiger partial charge on any atom is -0.444 e. The highest BCUT2D eigenvalue weighted by Gasteiger charge is 2.39. The van der Waals surface area contributed by atoms with Gasteiger partial charge in [-0.05, 0) is 49.3 Å². The predicted molar refractivity (Wildman–Crippen MR) is 88.0 cm³/mol. The second-order valence-electron chi connectivity index (χ2n) is 6.43. The smallest absolute Gasteiger partial charge is 0.227 e. The fraction of sp³-hybridized carbons (Fsp3) is 0.471. The van der Waals surface area contributed by atoms with E-state index in [1.54, 1.807) is 18.4 Å². The van der Waals surface area contributed by atoms with E-state index in [-0.39, 0.29) is 0 Å². The molecule has 0 saturated heterocycles. The van der Waals surface area contributed by atoms with Crippen molar-refractivity contribution in [3.05, 3.63) is 40.2 Å². The second-order valence-corrected chi connectivity index (χ2v) is 7.27. The van der Waals surface area contributed by atoms with Gasteiger partial charge < -0.3 is 9.73 Å². The van der Waals surface area contributed by atoms with E-state index < -0.39 is 0 Å². The number of nitrogens with one attached hydrogen (secondary N) is 1. The summed E-state index contributed by atoms with van der Waals surface area (Å²) >= 11 is 12.1. The van der Waals surface area contributed by atoms with E-state index in [4.69, 9.17) is 27.6 Å². The molecule has 3 nitrogen and oxygen atoms in total. The lowest BCUT2D eigenvalue weighted by Crippen LogP contribution is -2.33. The van der Waals surface area contributed by atoms with E-state index in [2.05, 4.69) is 10.3 Å². The van der Waals surface area contributed by atoms with E-state index in [0.717, 1.165) is 29.6 Å². The zero-order valence-electron chi connectivity index (χ0n) is 12.2. The van der Waals surface area contributed by atoms with Crippen LogP contribution in [-0.2, 0) is 6.54 Å². The van der Waals surface area contributed by atoms with Crippen molar-refractivity contribution in [3.8, 4) is 11.5 Å². The number of rotatable bonds is 4. The van der Waals surface area contributed by atoms with Gasteiger partial charge >= 0.3 is 0 Å². The number of benzene rings is 1. The van der Waals surface area contributed by atoms with Crippen LogP contribution in [0.5, 0.6) is 0 Å². The monoisotopic (exact) mass is 336 g/mol. The van der Waals surface area contributed by atoms with Crippen LogP contribution >= 0.6 is 23.2 Å². The lowest BCUT2D eigenvalue weighted by atomic mass is 9.95. The summed E-state index contributed by atoms with van der Waals surface area (Å²) in [6, 6.07) is 5.98. The molecule has 3 atom stereocenters. The quantitative estimate of drug-likeness (QED) is 0.860. The van der Waals surface area contributed by atoms with Gasteiger partial charge in [0.1, 0.15) is 6.26 Å². The molecule has 22 heavy (non-hydrogen) atoms. The average molecular weight is 337 g/mol. The van der Waals surface area contributed by atoms with Gasteiger partial charge in [0, 0.05) is 17.6 Å². The van der Waals surface area contributed by atoms with E-state index in [1.165, 1.54) is 25.7 Å². The Balaban J connectivity index is 1.43. The predicted octanol–water partition coefficient (Wildman–Crippen LogP) is 4.93. The molecule has 2 bridgehead atoms. The van der Waals surface area contributed by atoms with Crippen molar-refractivity contribution in [2.24, 2.45) is 11.8 Å². The van der Waals surface area contributed by atoms with Crippen LogP contribution in [0.25, 0.3) is 11.5 Å². The molecule has 0 radical (unpaired) electrons. The molecule has 5 heteroatoms. The average Bonchev–Trinajstić information content (AvgIpc) is 3.21. The van der Waals surface area contributed by atoms with Crippen LogP contribution in [0.2, 0.25) is 10.0 Å². The Kier molecular flexibility index (Phi) is 3.89. The van der Waals surface area contributed by atoms with Gasteiger partial charge in [-0.25, -0.2) is 4.98 Å². The van der Waals surface area contributed by atoms with E-state index in [0.29, 0.717) is 22.0 Å². The largest absolute Gasteiger partial charge is 0.444 e. The van der Waals surface area contributed by atoms with Crippen LogP contribution in [0.3, 0.4) is 0 Å². The molecule has 2 aliphatic carbocycles. The molecule has 4 rings (SSSR count). The SMILES string of the molecule is Clc1ccc(-c2nc(CNC3C[C@H]4CC[C@@H]3C4)co2)c(Cl)c1. The molecule has 1 heterocycles. The lowest BCUT2D eigenvalue weighted by Gasteiger charge is -2.22. The van der Waals surface area contributed by atoms with Gasteiger partial charge in [0.15, 0.2) is 0 Å². The summed E-state index contributed by atoms with van der Waals surface area (Å²) in [5.74, 6) is 2.36. The molecule has 116 valence electrons. The van der Waals surface area contributed by atoms with Crippen LogP contribution in [-0.4, -0.2) is 11.0 Å². The highest BCUT2D eigenvalue weighted by molar-refractivity contribution is 6.36. The molecule has 2 fully saturated rings. The van der Waals surface area contributed by atoms with Gasteiger partial charge in [0.05, 0.1) is 16.3 Å². The van der Waals surface area contributed by atoms with Crippen LogP contribution < -0.4 is 5.32 Å². The molecule has 2 saturated carbocycles. The van der Waals surface area contributed by atoms with Crippen LogP contribution in [0.4, 0.5) is 0 Å². The Morgan fingerprint density at radius 2 is 2.14 bits per heavy atom. The highest BCUT2D eigenvalue weighted by atomic mass is 35.5. The Labute approximate surface area is 140 Å². The summed E-state index contributed by atoms with van der Waals surface area (Å²) in [5, 5.41) is 4.81. The number of hydrogen-bond donors (Lipinski definition) is 1. The van der Waals surface area contributed by atoms with E-state index in [9.17, 15) is 0 Å². The normalized spacial score (nSPS) is 26.7. The van der Waals surface area contributed by atoms with Gasteiger partial charge in [0.25, 0.3) is 0 Å². The van der Waals surface area contributed by atoms with Gasteiger partial charge in [-0.3, -0.25) is 0 Å². The molecule has 0 aliphatic heterocycles. The third-order valence-electron chi connectivity index (χ3n) is 5.00. The van der Waals surface area contributed by atoms with Crippen LogP contribution in [0.15, 0.2) is 28.9 Å². The molecule has 0 amide bonds. The summed E-state index contributed by atoms with van der Waals surface area (Å²) in [7, 11) is 0. The molecule has 1 aromatic carbocycles. The van der Waals surface area contributed by atoms with Crippen molar-refractivity contribution < 1.29 is 4.42 Å². The van der Waals surface area contributed by atoms with Crippen molar-refractivity contribution in [2.75, 3.05) is 0 Å². The minimum absolute atomic E-state index is 0.548. The van der Waals surface area contributed by atoms with Crippen LogP contribution in [0, 0.1) is 11.8 Å². The summed E-state index contributed by atoms with van der Waals surface area (Å²) in [6.07, 6.45) is 7.24. The van der Waals surface area contributed by atoms with Crippen molar-refractivity contribution in [2.45, 2.75) is 38.3 Å². The third-order valence-corrected chi connectivity index (χ3v) is 5.54. The maximum Gasteiger partial charge on any atom is 0.227 e. The van der Waals surface area contributed by atoms with E-state index >= 15 is 0 Å². The van der Waals surface area contributed by atoms with Crippen molar-refractivity contribution >= 4 is 23.2 Å². The first kappa shape index (κ1) is 14.6. The molecule has 1 aromatic heterocycles. The number of hydrogen-bond acceptors (Lipinski definition) is 3. The second kappa shape index (κ2) is 5.88. The van der Waals surface area contributed by atoms with Gasteiger partial charge in [-0.2, -0.15) is 0 Å². The number of nitrogens with zero attached hydrogens (tertiary/aromatic N) is 1. The number of halogens is 2. The van der Waals surface area contributed by atoms with Gasteiger partial charge in [-0.15, -0.1) is 0 Å². The third kappa shape index (κ3) is 2.78. The topological polar surface area (TPSA) is 38.1 Å². The Morgan fingerprint density at radius 3 is 2.86 bits per heavy atom. The molecule has 2 aliphatic rings. The number of oxazole rings is 1. The fourth-order valence-corrected chi connectivity index (χ4v) is 4.39. The Morgan fingerprint density at radius 1 is 1.23 bits per heavy atom. The van der Waals surface area contributed by atoms with E-state index in [1.807, 2.05) is 6.07 Å². The molecular weight excluding hydrogens is 319 g/mol. The number of fused-ring (bicyclic) bond motifs is 2. The first-order chi connectivity index (χ1) is 10.7. The summed E-state index contributed by atoms with van der Waals surface area (Å²) in [4.78, 5) is 4.54. The maximum absolute atomic E-state index is 6.20. The lowest BCUT2D eigenvalue weighted by molar-refractivity contribution is 0.349. The van der Waals surface area contributed by atoms with Gasteiger partial charge in [-0.1, -0.05) is 29.6 Å². The molecule has 1 N–H and O–H groups in total. The van der Waals surface area contributed by atoms with Gasteiger partial charge in [0.2, 0.25) is 5.89 Å². The van der Waals surface area contributed by atoms with Crippen LogP contribution in [0.1, 0.15) is 31.4 Å². The molecular formula is C17H18Cl2N2O. The van der Waals surface area contributed by atoms with Crippen molar-refractivity contribution in [1.29, 1.82) is 0 Å². The first-order valence-corrected chi connectivity index (χ1v) is 8.58. The minimum atomic E-state index is 0.548. The zero-order valence-corrected chi connectivity index (χ0v) is 13.7. The molecule has 2 aromatic rings. The Hall–Kier alpha value is -1.03. The standard InChI is InChI=1S/C17H18Cl2N2O/c18-12-3-4-14(15(19)7-12)17-21-13(9-22-17)8-20-16-6-10-1-2-11(16)5-10/h3-4,7,9-11,16,20H,1-2,5-6,8H2/t10-,11+,16?/m0/s1. The molecule has 1 unspecified atom stereocenters. The highest BCUT2D eigenvalue weighted by Crippen LogP contribution is 2.44. The first-order valence-electron chi connectivity index (χ1n) is 7.82. The number of aromatic nitrogens is 1. The fourth-order valence-electron chi connectivity index (χ4n) is 3.91. The maximum atomic E-state index is 6.20.